The molecule has 0 aliphatic heterocycles. The Kier molecular flexibility index (Phi) is 5.29. The smallest absolute Gasteiger partial charge is 0.292 e. The van der Waals surface area contributed by atoms with Crippen molar-refractivity contribution >= 4 is 0 Å². The molecule has 1 aromatic rings. The van der Waals surface area contributed by atoms with Crippen LogP contribution in [0.2, 0.25) is 0 Å². The molecular formula is C10H12FNO. The third-order valence-corrected chi connectivity index (χ3v) is 1.31. The van der Waals surface area contributed by atoms with E-state index in [1.54, 1.807) is 19.1 Å². The number of benzene rings is 1. The van der Waals surface area contributed by atoms with Gasteiger partial charge in [-0.3, -0.25) is 0 Å². The fourth-order valence-electron chi connectivity index (χ4n) is 0.690. The summed E-state index contributed by atoms with van der Waals surface area (Å²) in [6, 6.07) is 4.28. The molecule has 1 rings (SSSR count). The second-order valence-electron chi connectivity index (χ2n) is 2.10. The SMILES string of the molecule is CC.Cc1ccc(OC#N)cc1F. The van der Waals surface area contributed by atoms with Gasteiger partial charge in [0.25, 0.3) is 6.26 Å². The summed E-state index contributed by atoms with van der Waals surface area (Å²) in [5, 5.41) is 8.09. The molecule has 0 unspecified atom stereocenters. The van der Waals surface area contributed by atoms with Gasteiger partial charge in [0.2, 0.25) is 0 Å². The maximum atomic E-state index is 12.7. The van der Waals surface area contributed by atoms with Crippen molar-refractivity contribution in [2.24, 2.45) is 0 Å². The Morgan fingerprint density at radius 3 is 2.46 bits per heavy atom. The van der Waals surface area contributed by atoms with E-state index in [2.05, 4.69) is 4.74 Å². The molecule has 0 saturated heterocycles. The lowest BCUT2D eigenvalue weighted by atomic mass is 10.2. The number of hydrogen-bond donors (Lipinski definition) is 0. The monoisotopic (exact) mass is 181 g/mol. The first-order valence-electron chi connectivity index (χ1n) is 4.06. The zero-order chi connectivity index (χ0) is 10.3. The number of rotatable bonds is 1. The standard InChI is InChI=1S/C8H6FNO.C2H6/c1-6-2-3-7(11-5-10)4-8(6)9;1-2/h2-4H,1H3;1-2H3. The topological polar surface area (TPSA) is 33.0 Å². The summed E-state index contributed by atoms with van der Waals surface area (Å²) in [7, 11) is 0. The summed E-state index contributed by atoms with van der Waals surface area (Å²) >= 11 is 0. The van der Waals surface area contributed by atoms with Crippen LogP contribution in [-0.2, 0) is 0 Å². The normalized spacial score (nSPS) is 7.92. The summed E-state index contributed by atoms with van der Waals surface area (Å²) in [4.78, 5) is 0. The highest BCUT2D eigenvalue weighted by molar-refractivity contribution is 5.28. The molecular weight excluding hydrogens is 169 g/mol. The van der Waals surface area contributed by atoms with Gasteiger partial charge in [-0.25, -0.2) is 4.39 Å². The first-order valence-corrected chi connectivity index (χ1v) is 4.06. The predicted molar refractivity (Wildman–Crippen MR) is 48.7 cm³/mol. The molecule has 0 saturated carbocycles. The van der Waals surface area contributed by atoms with Gasteiger partial charge in [-0.15, -0.1) is 5.26 Å². The average molecular weight is 181 g/mol. The summed E-state index contributed by atoms with van der Waals surface area (Å²) in [6.45, 7) is 5.64. The lowest BCUT2D eigenvalue weighted by molar-refractivity contribution is 0.499. The second-order valence-corrected chi connectivity index (χ2v) is 2.10. The van der Waals surface area contributed by atoms with E-state index < -0.39 is 0 Å². The first kappa shape index (κ1) is 11.4. The van der Waals surface area contributed by atoms with Crippen LogP contribution >= 0.6 is 0 Å². The van der Waals surface area contributed by atoms with Crippen molar-refractivity contribution in [2.75, 3.05) is 0 Å². The van der Waals surface area contributed by atoms with E-state index in [0.717, 1.165) is 0 Å². The number of nitriles is 1. The minimum atomic E-state index is -0.363. The van der Waals surface area contributed by atoms with Gasteiger partial charge < -0.3 is 4.74 Å². The van der Waals surface area contributed by atoms with Crippen LogP contribution in [0.1, 0.15) is 19.4 Å². The third kappa shape index (κ3) is 3.57. The molecule has 70 valence electrons. The molecule has 2 nitrogen and oxygen atoms in total. The molecule has 0 amide bonds. The Bertz CT molecular complexity index is 304. The van der Waals surface area contributed by atoms with Crippen LogP contribution in [0, 0.1) is 24.3 Å². The largest absolute Gasteiger partial charge is 0.388 e. The van der Waals surface area contributed by atoms with Crippen LogP contribution in [0.15, 0.2) is 18.2 Å². The molecule has 3 heteroatoms. The van der Waals surface area contributed by atoms with Crippen molar-refractivity contribution in [1.29, 1.82) is 5.26 Å². The molecule has 0 aromatic heterocycles. The molecule has 0 heterocycles. The van der Waals surface area contributed by atoms with Gasteiger partial charge in [0.05, 0.1) is 0 Å². The van der Waals surface area contributed by atoms with Gasteiger partial charge in [-0.05, 0) is 18.6 Å². The van der Waals surface area contributed by atoms with Crippen molar-refractivity contribution in [3.05, 3.63) is 29.6 Å². The van der Waals surface area contributed by atoms with Gasteiger partial charge in [0.15, 0.2) is 0 Å². The van der Waals surface area contributed by atoms with Crippen molar-refractivity contribution in [3.8, 4) is 12.0 Å². The molecule has 0 fully saturated rings. The van der Waals surface area contributed by atoms with Crippen molar-refractivity contribution in [2.45, 2.75) is 20.8 Å². The average Bonchev–Trinajstić information content (AvgIpc) is 2.15. The van der Waals surface area contributed by atoms with E-state index in [0.29, 0.717) is 5.56 Å². The zero-order valence-electron chi connectivity index (χ0n) is 7.97. The molecule has 13 heavy (non-hydrogen) atoms. The van der Waals surface area contributed by atoms with E-state index in [1.807, 2.05) is 13.8 Å². The Morgan fingerprint density at radius 2 is 2.00 bits per heavy atom. The number of halogens is 1. The van der Waals surface area contributed by atoms with Gasteiger partial charge in [0, 0.05) is 6.07 Å². The van der Waals surface area contributed by atoms with E-state index >= 15 is 0 Å². The fourth-order valence-corrected chi connectivity index (χ4v) is 0.690. The number of hydrogen-bond acceptors (Lipinski definition) is 2. The highest BCUT2D eigenvalue weighted by Gasteiger charge is 1.98. The molecule has 0 atom stereocenters. The Morgan fingerprint density at radius 1 is 1.38 bits per heavy atom. The molecule has 0 bridgehead atoms. The maximum absolute atomic E-state index is 12.7. The molecule has 0 aliphatic carbocycles. The fraction of sp³-hybridized carbons (Fsp3) is 0.300. The van der Waals surface area contributed by atoms with Crippen molar-refractivity contribution in [3.63, 3.8) is 0 Å². The molecule has 0 spiro atoms. The Labute approximate surface area is 77.6 Å². The van der Waals surface area contributed by atoms with Gasteiger partial charge >= 0.3 is 0 Å². The van der Waals surface area contributed by atoms with Crippen molar-refractivity contribution in [1.82, 2.24) is 0 Å². The minimum absolute atomic E-state index is 0.232. The molecule has 0 N–H and O–H groups in total. The van der Waals surface area contributed by atoms with Crippen LogP contribution in [0.3, 0.4) is 0 Å². The third-order valence-electron chi connectivity index (χ3n) is 1.31. The zero-order valence-corrected chi connectivity index (χ0v) is 7.97. The number of nitrogens with zero attached hydrogens (tertiary/aromatic N) is 1. The van der Waals surface area contributed by atoms with Crippen LogP contribution in [-0.4, -0.2) is 0 Å². The maximum Gasteiger partial charge on any atom is 0.292 e. The Balaban J connectivity index is 0.000000671. The summed E-state index contributed by atoms with van der Waals surface area (Å²) in [5.74, 6) is -0.131. The predicted octanol–water partition coefficient (Wildman–Crippen LogP) is 3.02. The molecule has 0 radical (unpaired) electrons. The van der Waals surface area contributed by atoms with E-state index in [9.17, 15) is 4.39 Å². The quantitative estimate of drug-likeness (QED) is 0.624. The molecule has 1 aromatic carbocycles. The van der Waals surface area contributed by atoms with E-state index in [-0.39, 0.29) is 11.6 Å². The number of aryl methyl sites for hydroxylation is 1. The van der Waals surface area contributed by atoms with Crippen LogP contribution in [0.25, 0.3) is 0 Å². The van der Waals surface area contributed by atoms with Crippen LogP contribution in [0.4, 0.5) is 4.39 Å². The van der Waals surface area contributed by atoms with Gasteiger partial charge in [-0.2, -0.15) is 0 Å². The van der Waals surface area contributed by atoms with Crippen molar-refractivity contribution < 1.29 is 9.13 Å². The Hall–Kier alpha value is -1.56. The lowest BCUT2D eigenvalue weighted by Crippen LogP contribution is -1.85. The highest BCUT2D eigenvalue weighted by Crippen LogP contribution is 2.14. The molecule has 0 aliphatic rings. The van der Waals surface area contributed by atoms with Gasteiger partial charge in [-0.1, -0.05) is 19.9 Å². The lowest BCUT2D eigenvalue weighted by Gasteiger charge is -1.97. The van der Waals surface area contributed by atoms with Crippen LogP contribution < -0.4 is 4.74 Å². The van der Waals surface area contributed by atoms with Crippen LogP contribution in [0.5, 0.6) is 5.75 Å². The van der Waals surface area contributed by atoms with Gasteiger partial charge in [0.1, 0.15) is 11.6 Å². The second kappa shape index (κ2) is 6.01. The summed E-state index contributed by atoms with van der Waals surface area (Å²) in [6.07, 6.45) is 1.46. The summed E-state index contributed by atoms with van der Waals surface area (Å²) < 4.78 is 17.1. The van der Waals surface area contributed by atoms with E-state index in [1.165, 1.54) is 12.3 Å². The first-order chi connectivity index (χ1) is 6.24. The number of ether oxygens (including phenoxy) is 1. The highest BCUT2D eigenvalue weighted by atomic mass is 19.1. The van der Waals surface area contributed by atoms with E-state index in [4.69, 9.17) is 5.26 Å². The summed E-state index contributed by atoms with van der Waals surface area (Å²) in [5.41, 5.74) is 0.537. The minimum Gasteiger partial charge on any atom is -0.388 e.